The van der Waals surface area contributed by atoms with Gasteiger partial charge in [-0.05, 0) is 30.3 Å². The quantitative estimate of drug-likeness (QED) is 0.221. The van der Waals surface area contributed by atoms with Crippen molar-refractivity contribution in [3.63, 3.8) is 0 Å². The van der Waals surface area contributed by atoms with Crippen molar-refractivity contribution in [2.75, 3.05) is 42.7 Å². The molecule has 0 aromatic heterocycles. The SMILES string of the molecule is COc1cc(OC)c(OC)cc1/C=C1/Oc2c(ccc3c2C(c2ccc(OC)c(OC)c2OC)CC(=O)O3)C1=O. The molecule has 0 radical (unpaired) electrons. The normalized spacial score (nSPS) is 16.4. The predicted molar refractivity (Wildman–Crippen MR) is 144 cm³/mol. The Morgan fingerprint density at radius 3 is 2.05 bits per heavy atom. The van der Waals surface area contributed by atoms with Crippen molar-refractivity contribution < 1.29 is 47.5 Å². The molecule has 0 fully saturated rings. The number of esters is 1. The summed E-state index contributed by atoms with van der Waals surface area (Å²) < 4.78 is 44.8. The molecule has 0 N–H and O–H groups in total. The number of carbonyl (C=O) groups excluding carboxylic acids is 2. The first-order valence-electron chi connectivity index (χ1n) is 12.3. The zero-order valence-corrected chi connectivity index (χ0v) is 22.9. The Balaban J connectivity index is 1.64. The van der Waals surface area contributed by atoms with Crippen molar-refractivity contribution in [1.82, 2.24) is 0 Å². The predicted octanol–water partition coefficient (Wildman–Crippen LogP) is 4.80. The third-order valence-electron chi connectivity index (χ3n) is 6.91. The zero-order chi connectivity index (χ0) is 28.6. The number of hydrogen-bond donors (Lipinski definition) is 0. The average molecular weight is 549 g/mol. The van der Waals surface area contributed by atoms with Gasteiger partial charge in [-0.2, -0.15) is 0 Å². The Morgan fingerprint density at radius 2 is 1.40 bits per heavy atom. The third kappa shape index (κ3) is 4.31. The lowest BCUT2D eigenvalue weighted by Gasteiger charge is -2.28. The second-order valence-electron chi connectivity index (χ2n) is 8.90. The smallest absolute Gasteiger partial charge is 0.312 e. The van der Waals surface area contributed by atoms with E-state index in [0.29, 0.717) is 68.2 Å². The summed E-state index contributed by atoms with van der Waals surface area (Å²) in [5, 5.41) is 0. The number of rotatable bonds is 8. The molecule has 2 aliphatic heterocycles. The molecule has 5 rings (SSSR count). The van der Waals surface area contributed by atoms with E-state index < -0.39 is 11.9 Å². The second kappa shape index (κ2) is 10.7. The summed E-state index contributed by atoms with van der Waals surface area (Å²) in [7, 11) is 9.10. The molecule has 0 amide bonds. The first-order chi connectivity index (χ1) is 19.4. The summed E-state index contributed by atoms with van der Waals surface area (Å²) in [6.07, 6.45) is 1.58. The van der Waals surface area contributed by atoms with Crippen LogP contribution in [0.3, 0.4) is 0 Å². The Labute approximate surface area is 230 Å². The van der Waals surface area contributed by atoms with Gasteiger partial charge >= 0.3 is 5.97 Å². The molecule has 10 nitrogen and oxygen atoms in total. The van der Waals surface area contributed by atoms with Gasteiger partial charge in [-0.15, -0.1) is 0 Å². The molecule has 0 spiro atoms. The lowest BCUT2D eigenvalue weighted by molar-refractivity contribution is -0.135. The monoisotopic (exact) mass is 548 g/mol. The standard InChI is InChI=1S/C30H28O10/c1-33-20-10-7-16(29(37-5)30(20)38-6)18-13-25(31)39-19-9-8-17-27(32)24(40-28(17)26(18)19)12-15-11-22(35-3)23(36-4)14-21(15)34-2/h7-12,14,18H,13H2,1-6H3/b24-12+. The van der Waals surface area contributed by atoms with E-state index in [-0.39, 0.29) is 18.0 Å². The number of benzene rings is 3. The minimum atomic E-state index is -0.552. The maximum absolute atomic E-state index is 13.5. The molecule has 208 valence electrons. The topological polar surface area (TPSA) is 108 Å². The molecule has 2 aliphatic rings. The zero-order valence-electron chi connectivity index (χ0n) is 22.9. The van der Waals surface area contributed by atoms with E-state index in [1.54, 1.807) is 42.5 Å². The van der Waals surface area contributed by atoms with Gasteiger partial charge in [0.1, 0.15) is 17.2 Å². The van der Waals surface area contributed by atoms with Crippen LogP contribution in [0.1, 0.15) is 39.4 Å². The van der Waals surface area contributed by atoms with E-state index in [0.717, 1.165) is 0 Å². The highest BCUT2D eigenvalue weighted by Gasteiger charge is 2.40. The minimum Gasteiger partial charge on any atom is -0.496 e. The Morgan fingerprint density at radius 1 is 0.725 bits per heavy atom. The van der Waals surface area contributed by atoms with Crippen molar-refractivity contribution >= 4 is 17.8 Å². The summed E-state index contributed by atoms with van der Waals surface area (Å²) in [6.45, 7) is 0. The molecule has 10 heteroatoms. The maximum atomic E-state index is 13.5. The number of methoxy groups -OCH3 is 6. The van der Waals surface area contributed by atoms with E-state index in [2.05, 4.69) is 0 Å². The van der Waals surface area contributed by atoms with E-state index in [4.69, 9.17) is 37.9 Å². The van der Waals surface area contributed by atoms with Crippen LogP contribution in [0.15, 0.2) is 42.2 Å². The summed E-state index contributed by atoms with van der Waals surface area (Å²) in [6, 6.07) is 10.1. The summed E-state index contributed by atoms with van der Waals surface area (Å²) >= 11 is 0. The van der Waals surface area contributed by atoms with Crippen molar-refractivity contribution in [2.24, 2.45) is 0 Å². The fourth-order valence-electron chi connectivity index (χ4n) is 5.08. The van der Waals surface area contributed by atoms with Gasteiger partial charge in [-0.25, -0.2) is 0 Å². The van der Waals surface area contributed by atoms with Gasteiger partial charge in [0.25, 0.3) is 0 Å². The van der Waals surface area contributed by atoms with E-state index >= 15 is 0 Å². The molecule has 1 unspecified atom stereocenters. The van der Waals surface area contributed by atoms with Crippen molar-refractivity contribution in [2.45, 2.75) is 12.3 Å². The molecular formula is C30H28O10. The van der Waals surface area contributed by atoms with E-state index in [1.165, 1.54) is 42.7 Å². The van der Waals surface area contributed by atoms with Crippen LogP contribution in [0.25, 0.3) is 6.08 Å². The first-order valence-corrected chi connectivity index (χ1v) is 12.3. The lowest BCUT2D eigenvalue weighted by atomic mass is 9.84. The first kappa shape index (κ1) is 26.7. The number of fused-ring (bicyclic) bond motifs is 3. The fourth-order valence-corrected chi connectivity index (χ4v) is 5.08. The average Bonchev–Trinajstić information content (AvgIpc) is 3.29. The van der Waals surface area contributed by atoms with Crippen LogP contribution in [-0.2, 0) is 4.79 Å². The van der Waals surface area contributed by atoms with Crippen LogP contribution in [-0.4, -0.2) is 54.4 Å². The third-order valence-corrected chi connectivity index (χ3v) is 6.91. The second-order valence-corrected chi connectivity index (χ2v) is 8.90. The van der Waals surface area contributed by atoms with Crippen LogP contribution in [0, 0.1) is 0 Å². The van der Waals surface area contributed by atoms with Crippen molar-refractivity contribution in [3.05, 3.63) is 64.4 Å². The highest BCUT2D eigenvalue weighted by molar-refractivity contribution is 6.15. The Bertz CT molecular complexity index is 1540. The fraction of sp³-hybridized carbons (Fsp3) is 0.267. The Kier molecular flexibility index (Phi) is 7.17. The van der Waals surface area contributed by atoms with Crippen LogP contribution in [0.2, 0.25) is 0 Å². The number of hydrogen-bond acceptors (Lipinski definition) is 10. The molecule has 0 aliphatic carbocycles. The lowest BCUT2D eigenvalue weighted by Crippen LogP contribution is -2.22. The van der Waals surface area contributed by atoms with Gasteiger partial charge in [-0.3, -0.25) is 9.59 Å². The van der Waals surface area contributed by atoms with Crippen molar-refractivity contribution in [3.8, 4) is 46.0 Å². The molecule has 2 heterocycles. The van der Waals surface area contributed by atoms with E-state index in [9.17, 15) is 9.59 Å². The van der Waals surface area contributed by atoms with Crippen molar-refractivity contribution in [1.29, 1.82) is 0 Å². The number of Topliss-reactive ketones (excluding diaryl/α,β-unsaturated/α-hetero) is 1. The van der Waals surface area contributed by atoms with Crippen LogP contribution >= 0.6 is 0 Å². The molecule has 0 bridgehead atoms. The molecule has 3 aromatic rings. The summed E-state index contributed by atoms with van der Waals surface area (Å²) in [4.78, 5) is 26.2. The molecular weight excluding hydrogens is 520 g/mol. The molecule has 3 aromatic carbocycles. The highest BCUT2D eigenvalue weighted by atomic mass is 16.5. The van der Waals surface area contributed by atoms with Gasteiger partial charge in [0.2, 0.25) is 11.5 Å². The van der Waals surface area contributed by atoms with Gasteiger partial charge in [-0.1, -0.05) is 6.07 Å². The number of ketones is 1. The molecule has 0 saturated carbocycles. The van der Waals surface area contributed by atoms with Crippen LogP contribution in [0.4, 0.5) is 0 Å². The number of ether oxygens (including phenoxy) is 8. The number of carbonyl (C=O) groups is 2. The van der Waals surface area contributed by atoms with Crippen LogP contribution in [0.5, 0.6) is 46.0 Å². The van der Waals surface area contributed by atoms with Gasteiger partial charge in [0.15, 0.2) is 28.8 Å². The van der Waals surface area contributed by atoms with Crippen LogP contribution < -0.4 is 37.9 Å². The van der Waals surface area contributed by atoms with Gasteiger partial charge in [0.05, 0.1) is 54.6 Å². The maximum Gasteiger partial charge on any atom is 0.312 e. The van der Waals surface area contributed by atoms with Gasteiger partial charge < -0.3 is 37.9 Å². The summed E-state index contributed by atoms with van der Waals surface area (Å²) in [5.74, 6) is 2.03. The largest absolute Gasteiger partial charge is 0.496 e. The number of allylic oxidation sites excluding steroid dienone is 1. The Hall–Kier alpha value is -4.86. The highest BCUT2D eigenvalue weighted by Crippen LogP contribution is 2.53. The molecule has 1 atom stereocenters. The molecule has 0 saturated heterocycles. The minimum absolute atomic E-state index is 0.00457. The summed E-state index contributed by atoms with van der Waals surface area (Å²) in [5.41, 5.74) is 2.10. The molecule has 40 heavy (non-hydrogen) atoms. The van der Waals surface area contributed by atoms with E-state index in [1.807, 2.05) is 0 Å². The van der Waals surface area contributed by atoms with Gasteiger partial charge in [0, 0.05) is 28.7 Å².